The number of hydrogen-bond donors (Lipinski definition) is 1. The number of carbonyl (C=O) groups excluding carboxylic acids is 1. The third-order valence-electron chi connectivity index (χ3n) is 4.90. The van der Waals surface area contributed by atoms with Gasteiger partial charge in [-0.25, -0.2) is 19.3 Å². The predicted octanol–water partition coefficient (Wildman–Crippen LogP) is 4.01. The van der Waals surface area contributed by atoms with Crippen LogP contribution in [0.15, 0.2) is 47.5 Å². The third-order valence-corrected chi connectivity index (χ3v) is 4.90. The molecule has 0 aliphatic carbocycles. The number of aromatic nitrogens is 3. The van der Waals surface area contributed by atoms with E-state index in [1.807, 2.05) is 0 Å². The highest BCUT2D eigenvalue weighted by Gasteiger charge is 2.32. The van der Waals surface area contributed by atoms with E-state index < -0.39 is 17.6 Å². The fourth-order valence-corrected chi connectivity index (χ4v) is 3.42. The van der Waals surface area contributed by atoms with Gasteiger partial charge in [0, 0.05) is 31.5 Å². The summed E-state index contributed by atoms with van der Waals surface area (Å²) >= 11 is 0. The summed E-state index contributed by atoms with van der Waals surface area (Å²) in [4.78, 5) is 26.1. The molecule has 31 heavy (non-hydrogen) atoms. The number of rotatable bonds is 4. The molecule has 1 aliphatic heterocycles. The molecule has 1 fully saturated rings. The van der Waals surface area contributed by atoms with Gasteiger partial charge in [0.1, 0.15) is 12.1 Å². The zero-order valence-corrected chi connectivity index (χ0v) is 16.1. The van der Waals surface area contributed by atoms with Crippen molar-refractivity contribution in [3.8, 4) is 11.5 Å². The highest BCUT2D eigenvalue weighted by molar-refractivity contribution is 6.00. The van der Waals surface area contributed by atoms with Gasteiger partial charge in [0.2, 0.25) is 11.8 Å². The molecule has 1 aliphatic rings. The van der Waals surface area contributed by atoms with Gasteiger partial charge in [0.25, 0.3) is 5.91 Å². The molecular formula is C20H17F4N5O2. The molecule has 3 aromatic rings. The number of nitrogens with one attached hydrogen (secondary N) is 1. The highest BCUT2D eigenvalue weighted by atomic mass is 19.4. The lowest BCUT2D eigenvalue weighted by Crippen LogP contribution is -2.45. The van der Waals surface area contributed by atoms with Crippen LogP contribution in [0.4, 0.5) is 23.5 Å². The van der Waals surface area contributed by atoms with Crippen LogP contribution in [0, 0.1) is 5.82 Å². The Kier molecular flexibility index (Phi) is 5.57. The average molecular weight is 435 g/mol. The first-order chi connectivity index (χ1) is 14.8. The fourth-order valence-electron chi connectivity index (χ4n) is 3.42. The molecule has 162 valence electrons. The van der Waals surface area contributed by atoms with Crippen molar-refractivity contribution in [3.05, 3.63) is 60.0 Å². The Labute approximate surface area is 174 Å². The minimum atomic E-state index is -4.51. The predicted molar refractivity (Wildman–Crippen MR) is 101 cm³/mol. The Balaban J connectivity index is 1.49. The number of hydrogen-bond acceptors (Lipinski definition) is 6. The van der Waals surface area contributed by atoms with E-state index in [9.17, 15) is 22.4 Å². The summed E-state index contributed by atoms with van der Waals surface area (Å²) in [5, 5.41) is 2.97. The molecule has 0 saturated carbocycles. The topological polar surface area (TPSA) is 84.2 Å². The van der Waals surface area contributed by atoms with Crippen molar-refractivity contribution < 1.29 is 26.8 Å². The summed E-state index contributed by atoms with van der Waals surface area (Å²) < 4.78 is 57.0. The van der Waals surface area contributed by atoms with Gasteiger partial charge in [0.15, 0.2) is 0 Å². The number of piperidine rings is 1. The molecule has 1 aromatic carbocycles. The molecule has 0 spiro atoms. The van der Waals surface area contributed by atoms with Gasteiger partial charge in [0.05, 0.1) is 22.9 Å². The lowest BCUT2D eigenvalue weighted by Gasteiger charge is -2.33. The summed E-state index contributed by atoms with van der Waals surface area (Å²) in [6.45, 7) is 0.763. The molecule has 0 unspecified atom stereocenters. The molecule has 2 aromatic heterocycles. The molecule has 1 amide bonds. The Bertz CT molecular complexity index is 1050. The zero-order chi connectivity index (χ0) is 22.0. The number of oxazole rings is 1. The quantitative estimate of drug-likeness (QED) is 0.624. The van der Waals surface area contributed by atoms with E-state index in [0.717, 1.165) is 0 Å². The first kappa shape index (κ1) is 20.8. The standard InChI is InChI=1S/C20H17F4N5O2/c21-13-3-4-15(16(8-13)17-25-5-7-31-17)18(30)29-6-1-2-14(11-29)28-19-26-9-12(10-27-19)20(22,23)24/h3-5,7-10,14H,1-2,6,11H2,(H,26,27,28)/t14-/m1/s1. The number of nitrogens with zero attached hydrogens (tertiary/aromatic N) is 4. The van der Waals surface area contributed by atoms with Crippen LogP contribution in [0.1, 0.15) is 28.8 Å². The van der Waals surface area contributed by atoms with Gasteiger partial charge in [-0.15, -0.1) is 0 Å². The van der Waals surface area contributed by atoms with Crippen LogP contribution < -0.4 is 5.32 Å². The zero-order valence-electron chi connectivity index (χ0n) is 16.1. The Morgan fingerprint density at radius 2 is 1.97 bits per heavy atom. The average Bonchev–Trinajstić information content (AvgIpc) is 3.28. The van der Waals surface area contributed by atoms with Crippen molar-refractivity contribution in [3.63, 3.8) is 0 Å². The number of likely N-dealkylation sites (tertiary alicyclic amines) is 1. The maximum absolute atomic E-state index is 13.8. The molecule has 3 heterocycles. The number of benzene rings is 1. The fraction of sp³-hybridized carbons (Fsp3) is 0.300. The van der Waals surface area contributed by atoms with Crippen molar-refractivity contribution in [1.29, 1.82) is 0 Å². The Morgan fingerprint density at radius 3 is 2.65 bits per heavy atom. The van der Waals surface area contributed by atoms with E-state index in [1.54, 1.807) is 4.90 Å². The molecule has 1 N–H and O–H groups in total. The van der Waals surface area contributed by atoms with Gasteiger partial charge in [-0.05, 0) is 31.0 Å². The highest BCUT2D eigenvalue weighted by Crippen LogP contribution is 2.29. The van der Waals surface area contributed by atoms with Crippen LogP contribution in [0.5, 0.6) is 0 Å². The number of alkyl halides is 3. The van der Waals surface area contributed by atoms with E-state index in [4.69, 9.17) is 4.42 Å². The SMILES string of the molecule is O=C(c1ccc(F)cc1-c1ncco1)N1CCC[C@@H](Nc2ncc(C(F)(F)F)cn2)C1. The summed E-state index contributed by atoms with van der Waals surface area (Å²) in [5.41, 5.74) is -0.444. The van der Waals surface area contributed by atoms with Gasteiger partial charge in [-0.2, -0.15) is 13.2 Å². The summed E-state index contributed by atoms with van der Waals surface area (Å²) in [6.07, 6.45) is 0.995. The summed E-state index contributed by atoms with van der Waals surface area (Å²) in [7, 11) is 0. The van der Waals surface area contributed by atoms with E-state index in [0.29, 0.717) is 31.8 Å². The van der Waals surface area contributed by atoms with Crippen LogP contribution in [0.25, 0.3) is 11.5 Å². The second kappa shape index (κ2) is 8.32. The van der Waals surface area contributed by atoms with Crippen LogP contribution in [-0.2, 0) is 6.18 Å². The van der Waals surface area contributed by atoms with Crippen molar-refractivity contribution in [2.45, 2.75) is 25.1 Å². The summed E-state index contributed by atoms with van der Waals surface area (Å²) in [5.74, 6) is -0.669. The molecule has 0 bridgehead atoms. The van der Waals surface area contributed by atoms with Crippen LogP contribution in [-0.4, -0.2) is 44.9 Å². The largest absolute Gasteiger partial charge is 0.445 e. The monoisotopic (exact) mass is 435 g/mol. The minimum Gasteiger partial charge on any atom is -0.445 e. The maximum Gasteiger partial charge on any atom is 0.419 e. The first-order valence-corrected chi connectivity index (χ1v) is 9.46. The lowest BCUT2D eigenvalue weighted by molar-refractivity contribution is -0.138. The summed E-state index contributed by atoms with van der Waals surface area (Å²) in [6, 6.07) is 3.51. The van der Waals surface area contributed by atoms with Crippen molar-refractivity contribution in [2.24, 2.45) is 0 Å². The molecule has 0 radical (unpaired) electrons. The number of halogens is 4. The molecule has 4 rings (SSSR count). The van der Waals surface area contributed by atoms with E-state index in [1.165, 1.54) is 30.7 Å². The molecular weight excluding hydrogens is 418 g/mol. The van der Waals surface area contributed by atoms with Crippen molar-refractivity contribution in [2.75, 3.05) is 18.4 Å². The van der Waals surface area contributed by atoms with E-state index >= 15 is 0 Å². The smallest absolute Gasteiger partial charge is 0.419 e. The second-order valence-electron chi connectivity index (χ2n) is 7.05. The van der Waals surface area contributed by atoms with Crippen LogP contribution >= 0.6 is 0 Å². The second-order valence-corrected chi connectivity index (χ2v) is 7.05. The third kappa shape index (κ3) is 4.65. The van der Waals surface area contributed by atoms with Gasteiger partial charge >= 0.3 is 6.18 Å². The number of carbonyl (C=O) groups is 1. The van der Waals surface area contributed by atoms with Crippen LogP contribution in [0.3, 0.4) is 0 Å². The van der Waals surface area contributed by atoms with E-state index in [-0.39, 0.29) is 41.5 Å². The molecule has 1 saturated heterocycles. The lowest BCUT2D eigenvalue weighted by atomic mass is 10.0. The Hall–Kier alpha value is -3.50. The maximum atomic E-state index is 13.8. The van der Waals surface area contributed by atoms with Gasteiger partial charge in [-0.1, -0.05) is 0 Å². The number of amides is 1. The Morgan fingerprint density at radius 1 is 1.19 bits per heavy atom. The van der Waals surface area contributed by atoms with Gasteiger partial charge < -0.3 is 14.6 Å². The minimum absolute atomic E-state index is 0.0505. The van der Waals surface area contributed by atoms with Gasteiger partial charge in [-0.3, -0.25) is 4.79 Å². The van der Waals surface area contributed by atoms with E-state index in [2.05, 4.69) is 20.3 Å². The first-order valence-electron chi connectivity index (χ1n) is 9.46. The van der Waals surface area contributed by atoms with Crippen molar-refractivity contribution >= 4 is 11.9 Å². The molecule has 11 heteroatoms. The number of anilines is 1. The molecule has 7 nitrogen and oxygen atoms in total. The van der Waals surface area contributed by atoms with Crippen LogP contribution in [0.2, 0.25) is 0 Å². The molecule has 1 atom stereocenters. The normalized spacial score (nSPS) is 16.9. The van der Waals surface area contributed by atoms with Crippen molar-refractivity contribution in [1.82, 2.24) is 19.9 Å².